The summed E-state index contributed by atoms with van der Waals surface area (Å²) in [7, 11) is 4.48. The standard InChI is InChI=1S/C25H35N3O4S2Si.C19H23N3O4S2.C9H12N2S2/c1-9-12-31-24(30)21-22(34-25-26-18(13-33-25)17-10-11-27(5)15(17)3)14(2)20-19(23(29)28(20)21)16(4)32-35(6,7)8;1-8-14-13(10(3)23)17(24)22(14)15(18(25)26)16(8)28-19-20-12(7-27-19)11-5-6-21(4)9(11)2;1-6-7(3-4-11(6)2)8-5-13-9(12)10-8/h9-10,13-16,19-20H,1,11-12H2,2-8H3;5,7-10,13-14,23H,6H2,1-4H3,(H,25,26);3,5-6H,4H2,1-2H3,(H,10,12)/t14-,15-,16-,19-,20-;8-,9-,10-,13-,14-;6-/m111/s1. The van der Waals surface area contributed by atoms with Gasteiger partial charge < -0.3 is 34.2 Å². The van der Waals surface area contributed by atoms with E-state index in [-0.39, 0.29) is 60.1 Å². The van der Waals surface area contributed by atoms with E-state index < -0.39 is 32.3 Å². The number of esters is 1. The molecule has 3 N–H and O–H groups in total. The Hall–Kier alpha value is -3.85. The van der Waals surface area contributed by atoms with Crippen molar-refractivity contribution < 1.29 is 38.6 Å². The Bertz CT molecular complexity index is 2990. The molecule has 10 rings (SSSR count). The predicted molar refractivity (Wildman–Crippen MR) is 311 cm³/mol. The number of β-lactam (4-membered cyclic amide) rings is 2. The van der Waals surface area contributed by atoms with Crippen LogP contribution in [0.15, 0.2) is 76.9 Å². The summed E-state index contributed by atoms with van der Waals surface area (Å²) < 4.78 is 14.2. The Morgan fingerprint density at radius 3 is 1.67 bits per heavy atom. The molecule has 0 unspecified atom stereocenters. The van der Waals surface area contributed by atoms with Crippen molar-refractivity contribution in [3.63, 3.8) is 0 Å². The first-order chi connectivity index (χ1) is 35.8. The van der Waals surface area contributed by atoms with Crippen LogP contribution in [0.25, 0.3) is 16.7 Å². The highest BCUT2D eigenvalue weighted by molar-refractivity contribution is 8.05. The van der Waals surface area contributed by atoms with Gasteiger partial charge in [0.1, 0.15) is 18.0 Å². The molecule has 7 aliphatic rings. The summed E-state index contributed by atoms with van der Waals surface area (Å²) in [5, 5.41) is 25.8. The van der Waals surface area contributed by atoms with Crippen LogP contribution in [0.3, 0.4) is 0 Å². The minimum absolute atomic E-state index is 0.0234. The molecule has 0 aromatic carbocycles. The average Bonchev–Trinajstić information content (AvgIpc) is 4.25. The smallest absolute Gasteiger partial charge is 0.356 e. The predicted octanol–water partition coefficient (Wildman–Crippen LogP) is 9.24. The van der Waals surface area contributed by atoms with Gasteiger partial charge >= 0.3 is 11.9 Å². The fraction of sp³-hybridized carbons (Fsp3) is 0.528. The number of aliphatic hydroxyl groups is 1. The molecule has 0 radical (unpaired) electrons. The number of rotatable bonds is 15. The normalized spacial score (nSPS) is 28.2. The topological polar surface area (TPSA) is 185 Å². The fourth-order valence-corrected chi connectivity index (χ4v) is 17.3. The van der Waals surface area contributed by atoms with Crippen molar-refractivity contribution in [3.05, 3.63) is 89.3 Å². The monoisotopic (exact) mass is 1170 g/mol. The van der Waals surface area contributed by atoms with Crippen LogP contribution in [0.5, 0.6) is 0 Å². The maximum atomic E-state index is 13.3. The molecule has 10 heterocycles. The zero-order chi connectivity index (χ0) is 55.4. The largest absolute Gasteiger partial charge is 0.477 e. The van der Waals surface area contributed by atoms with Crippen LogP contribution in [-0.4, -0.2) is 172 Å². The number of likely N-dealkylation sites (N-methyl/N-ethyl adjacent to an activating group) is 3. The number of amides is 2. The number of hydrogen-bond donors (Lipinski definition) is 3. The van der Waals surface area contributed by atoms with Crippen LogP contribution >= 0.6 is 69.8 Å². The molecule has 2 fully saturated rings. The SMILES string of the molecule is C=CCOC(=O)C1=C(Sc2nc(C3=CCN(C)[C@@H]3C)cs2)[C@H](C)[C@@H]2[C@@H]([C@@H](C)O[Si](C)(C)C)C(=O)N12.C[C@@H]1C(c2csc(=S)[nH]2)=CCN1C.C[C@@H]1C(c2csc(SC3=C(C(=O)O)N4C(=O)[C@H]([C@@H](C)O)[C@H]4[C@H]3C)n2)=CCN1C. The summed E-state index contributed by atoms with van der Waals surface area (Å²) in [5.74, 6) is -2.98. The maximum absolute atomic E-state index is 13.3. The zero-order valence-electron chi connectivity index (χ0n) is 45.4. The second kappa shape index (κ2) is 23.5. The number of thiazole rings is 3. The van der Waals surface area contributed by atoms with Crippen molar-refractivity contribution in [1.29, 1.82) is 0 Å². The molecular formula is C53H70N8O8S6Si. The fourth-order valence-electron chi connectivity index (χ4n) is 11.0. The lowest BCUT2D eigenvalue weighted by molar-refractivity contribution is -0.163. The summed E-state index contributed by atoms with van der Waals surface area (Å²) in [5.41, 5.74) is 7.26. The molecule has 0 saturated carbocycles. The van der Waals surface area contributed by atoms with E-state index in [1.54, 1.807) is 34.5 Å². The second-order valence-electron chi connectivity index (χ2n) is 21.4. The molecule has 3 aromatic rings. The van der Waals surface area contributed by atoms with Crippen molar-refractivity contribution in [3.8, 4) is 0 Å². The first-order valence-electron chi connectivity index (χ1n) is 25.5. The first kappa shape index (κ1) is 58.3. The number of thioether (sulfide) groups is 2. The van der Waals surface area contributed by atoms with Gasteiger partial charge in [-0.1, -0.05) is 68.3 Å². The van der Waals surface area contributed by atoms with E-state index in [4.69, 9.17) is 31.3 Å². The van der Waals surface area contributed by atoms with E-state index in [0.29, 0.717) is 28.7 Å². The van der Waals surface area contributed by atoms with Crippen LogP contribution in [0, 0.1) is 27.6 Å². The molecule has 0 bridgehead atoms. The summed E-state index contributed by atoms with van der Waals surface area (Å²) in [6.45, 7) is 27.0. The van der Waals surface area contributed by atoms with E-state index in [1.165, 1.54) is 68.2 Å². The average molecular weight is 1170 g/mol. The van der Waals surface area contributed by atoms with E-state index in [0.717, 1.165) is 48.6 Å². The number of aliphatic hydroxyl groups excluding tert-OH is 1. The number of aromatic amines is 1. The summed E-state index contributed by atoms with van der Waals surface area (Å²) >= 11 is 12.5. The maximum Gasteiger partial charge on any atom is 0.356 e. The zero-order valence-corrected chi connectivity index (χ0v) is 51.3. The Morgan fingerprint density at radius 2 is 1.25 bits per heavy atom. The molecule has 3 aromatic heterocycles. The highest BCUT2D eigenvalue weighted by atomic mass is 32.2. The van der Waals surface area contributed by atoms with Crippen molar-refractivity contribution in [1.82, 2.24) is 39.5 Å². The number of carbonyl (C=O) groups excluding carboxylic acids is 3. The van der Waals surface area contributed by atoms with Gasteiger partial charge in [-0.3, -0.25) is 24.3 Å². The van der Waals surface area contributed by atoms with Gasteiger partial charge in [0, 0.05) is 75.5 Å². The highest BCUT2D eigenvalue weighted by Crippen LogP contribution is 2.54. The van der Waals surface area contributed by atoms with E-state index >= 15 is 0 Å². The quantitative estimate of drug-likeness (QED) is 0.0430. The van der Waals surface area contributed by atoms with Gasteiger partial charge in [-0.25, -0.2) is 19.6 Å². The van der Waals surface area contributed by atoms with Crippen LogP contribution in [0.2, 0.25) is 19.6 Å². The lowest BCUT2D eigenvalue weighted by Crippen LogP contribution is -2.64. The number of aromatic nitrogens is 3. The van der Waals surface area contributed by atoms with Gasteiger partial charge in [-0.05, 0) is 104 Å². The first-order valence-corrected chi connectivity index (χ1v) is 33.6. The van der Waals surface area contributed by atoms with Crippen molar-refractivity contribution >= 4 is 119 Å². The number of nitrogens with one attached hydrogen (secondary N) is 1. The summed E-state index contributed by atoms with van der Waals surface area (Å²) in [6, 6.07) is 0.697. The molecule has 2 amide bonds. The Kier molecular flexibility index (Phi) is 18.0. The molecule has 410 valence electrons. The van der Waals surface area contributed by atoms with Gasteiger partial charge in [0.2, 0.25) is 11.8 Å². The van der Waals surface area contributed by atoms with E-state index in [1.807, 2.05) is 19.2 Å². The van der Waals surface area contributed by atoms with Crippen LogP contribution < -0.4 is 0 Å². The van der Waals surface area contributed by atoms with Gasteiger partial charge in [0.15, 0.2) is 21.0 Å². The molecule has 11 atom stereocenters. The number of aliphatic carboxylic acids is 1. The van der Waals surface area contributed by atoms with Crippen molar-refractivity contribution in [2.45, 2.75) is 119 Å². The molecule has 23 heteroatoms. The van der Waals surface area contributed by atoms with Crippen LogP contribution in [0.4, 0.5) is 0 Å². The molecule has 0 aliphatic carbocycles. The van der Waals surface area contributed by atoms with Crippen molar-refractivity contribution in [2.75, 3.05) is 47.4 Å². The lowest BCUT2D eigenvalue weighted by Gasteiger charge is -2.48. The molecule has 16 nitrogen and oxygen atoms in total. The van der Waals surface area contributed by atoms with Gasteiger partial charge in [0.25, 0.3) is 0 Å². The summed E-state index contributed by atoms with van der Waals surface area (Å²) in [4.78, 5) is 74.8. The van der Waals surface area contributed by atoms with Crippen LogP contribution in [0.1, 0.15) is 65.5 Å². The van der Waals surface area contributed by atoms with Crippen molar-refractivity contribution in [2.24, 2.45) is 23.7 Å². The molecule has 7 aliphatic heterocycles. The number of hydrogen-bond acceptors (Lipinski definition) is 18. The van der Waals surface area contributed by atoms with Gasteiger partial charge in [0.05, 0.1) is 53.2 Å². The Morgan fingerprint density at radius 1 is 0.789 bits per heavy atom. The van der Waals surface area contributed by atoms with E-state index in [2.05, 4.69) is 124 Å². The lowest BCUT2D eigenvalue weighted by atomic mass is 9.79. The Balaban J connectivity index is 0.000000166. The van der Waals surface area contributed by atoms with Crippen LogP contribution in [-0.2, 0) is 28.3 Å². The second-order valence-corrected chi connectivity index (χ2v) is 31.7. The number of carbonyl (C=O) groups is 4. The van der Waals surface area contributed by atoms with Gasteiger partial charge in [-0.2, -0.15) is 0 Å². The molecular weight excluding hydrogens is 1100 g/mol. The molecule has 2 saturated heterocycles. The number of carboxylic acid groups (broad SMARTS) is 1. The third-order valence-corrected chi connectivity index (χ3v) is 22.0. The number of fused-ring (bicyclic) bond motifs is 2. The third-order valence-electron chi connectivity index (χ3n) is 15.4. The highest BCUT2D eigenvalue weighted by Gasteiger charge is 2.62. The minimum Gasteiger partial charge on any atom is -0.477 e. The number of H-pyrrole nitrogens is 1. The molecule has 76 heavy (non-hydrogen) atoms. The third kappa shape index (κ3) is 11.5. The van der Waals surface area contributed by atoms with E-state index in [9.17, 15) is 29.4 Å². The summed E-state index contributed by atoms with van der Waals surface area (Å²) in [6.07, 6.45) is 7.19. The molecule has 0 spiro atoms. The number of nitrogens with zero attached hydrogens (tertiary/aromatic N) is 7. The number of ether oxygens (including phenoxy) is 1. The van der Waals surface area contributed by atoms with Gasteiger partial charge in [-0.15, -0.1) is 34.0 Å². The Labute approximate surface area is 472 Å². The minimum atomic E-state index is -1.83. The number of carboxylic acids is 1.